The van der Waals surface area contributed by atoms with Crippen molar-refractivity contribution in [3.05, 3.63) is 12.7 Å². The Morgan fingerprint density at radius 3 is 2.56 bits per heavy atom. The third kappa shape index (κ3) is 4.45. The molecule has 4 aliphatic rings. The molecule has 0 heterocycles. The second-order valence-electron chi connectivity index (χ2n) is 12.8. The predicted octanol–water partition coefficient (Wildman–Crippen LogP) is 8.31. The van der Waals surface area contributed by atoms with Crippen molar-refractivity contribution in [1.82, 2.24) is 0 Å². The molecule has 0 spiro atoms. The van der Waals surface area contributed by atoms with Crippen molar-refractivity contribution in [3.8, 4) is 2.59 Å². The molecule has 0 aliphatic heterocycles. The summed E-state index contributed by atoms with van der Waals surface area (Å²) in [6, 6.07) is 0. The second kappa shape index (κ2) is 10.3. The summed E-state index contributed by atoms with van der Waals surface area (Å²) >= 11 is 1.20. The number of fused-ring (bicyclic) bond motifs is 5. The minimum absolute atomic E-state index is 0.0419. The number of hydrogen-bond acceptors (Lipinski definition) is 1. The maximum absolute atomic E-state index is 6.44. The molecular weight excluding hydrogens is 465 g/mol. The summed E-state index contributed by atoms with van der Waals surface area (Å²) in [6.07, 6.45) is 20.0. The standard InChI is InChI=1S/C30H49O.Y/c1-7-10-11-22(4)25-14-15-26-24-13-12-23-21-30(9-3,31-20-8-2)19-18-28(23,5)27(24)16-17-29(25,26)6;/h9,22-27H,3,7-8,10-21H2,2,4-6H3;/t22?,23-,24?,25+,26?,27?,28-,29+,30?;/m0./s1. The molecule has 0 aromatic rings. The normalized spacial score (nSPS) is 46.5. The van der Waals surface area contributed by atoms with Crippen LogP contribution in [0.25, 0.3) is 0 Å². The van der Waals surface area contributed by atoms with E-state index in [4.69, 9.17) is 4.74 Å². The van der Waals surface area contributed by atoms with Gasteiger partial charge in [-0.15, -0.1) is 6.58 Å². The van der Waals surface area contributed by atoms with Crippen LogP contribution in [-0.4, -0.2) is 12.2 Å². The quantitative estimate of drug-likeness (QED) is 0.234. The van der Waals surface area contributed by atoms with Gasteiger partial charge in [0.2, 0.25) is 0 Å². The van der Waals surface area contributed by atoms with Gasteiger partial charge in [-0.25, -0.2) is 0 Å². The van der Waals surface area contributed by atoms with Crippen molar-refractivity contribution in [3.63, 3.8) is 0 Å². The summed E-state index contributed by atoms with van der Waals surface area (Å²) in [5, 5.41) is 0. The van der Waals surface area contributed by atoms with Crippen LogP contribution in [0.1, 0.15) is 111 Å². The average Bonchev–Trinajstić information content (AvgIpc) is 3.15. The van der Waals surface area contributed by atoms with Gasteiger partial charge in [0.05, 0.1) is 5.60 Å². The first-order valence-electron chi connectivity index (χ1n) is 14.0. The first-order valence-corrected chi connectivity index (χ1v) is 15.5. The van der Waals surface area contributed by atoms with Crippen LogP contribution in [0.15, 0.2) is 12.7 Å². The van der Waals surface area contributed by atoms with Crippen molar-refractivity contribution in [1.29, 1.82) is 0 Å². The summed E-state index contributed by atoms with van der Waals surface area (Å²) in [6.45, 7) is 15.3. The van der Waals surface area contributed by atoms with Crippen molar-refractivity contribution < 1.29 is 35.0 Å². The minimum Gasteiger partial charge on any atom is -0.0168 e. The van der Waals surface area contributed by atoms with Gasteiger partial charge in [0, 0.05) is 6.61 Å². The monoisotopic (exact) mass is 514 g/mol. The molecule has 4 rings (SSSR count). The van der Waals surface area contributed by atoms with Crippen LogP contribution in [0, 0.1) is 48.9 Å². The summed E-state index contributed by atoms with van der Waals surface area (Å²) in [7, 11) is 0. The Morgan fingerprint density at radius 2 is 1.84 bits per heavy atom. The van der Waals surface area contributed by atoms with Gasteiger partial charge in [-0.05, 0) is 19.3 Å². The van der Waals surface area contributed by atoms with E-state index in [1.54, 1.807) is 0 Å². The summed E-state index contributed by atoms with van der Waals surface area (Å²) in [5.74, 6) is 5.64. The number of ether oxygens (including phenoxy) is 1. The zero-order chi connectivity index (χ0) is 23.0. The summed E-state index contributed by atoms with van der Waals surface area (Å²) < 4.78 is 9.93. The van der Waals surface area contributed by atoms with Crippen LogP contribution in [-0.2, 0) is 35.0 Å². The van der Waals surface area contributed by atoms with Gasteiger partial charge in [0.15, 0.2) is 0 Å². The summed E-state index contributed by atoms with van der Waals surface area (Å²) in [4.78, 5) is 0. The molecule has 0 bridgehead atoms. The van der Waals surface area contributed by atoms with E-state index in [-0.39, 0.29) is 5.60 Å². The van der Waals surface area contributed by atoms with Crippen LogP contribution in [0.4, 0.5) is 0 Å². The van der Waals surface area contributed by atoms with Crippen molar-refractivity contribution >= 4 is 0 Å². The Hall–Kier alpha value is 0.584. The van der Waals surface area contributed by atoms with E-state index in [9.17, 15) is 0 Å². The van der Waals surface area contributed by atoms with E-state index in [1.165, 1.54) is 107 Å². The number of rotatable bonds is 8. The van der Waals surface area contributed by atoms with E-state index >= 15 is 0 Å². The Kier molecular flexibility index (Phi) is 8.25. The smallest absolute Gasteiger partial charge is 0.0168 e. The van der Waals surface area contributed by atoms with Crippen LogP contribution >= 0.6 is 0 Å². The Balaban J connectivity index is 1.47. The maximum atomic E-state index is 6.44. The molecule has 0 amide bonds. The minimum atomic E-state index is -0.0419. The van der Waals surface area contributed by atoms with Crippen LogP contribution in [0.3, 0.4) is 0 Å². The van der Waals surface area contributed by atoms with Crippen LogP contribution < -0.4 is 0 Å². The Morgan fingerprint density at radius 1 is 1.06 bits per heavy atom. The molecule has 4 aliphatic carbocycles. The molecule has 0 aromatic heterocycles. The van der Waals surface area contributed by atoms with Crippen molar-refractivity contribution in [2.75, 3.05) is 6.61 Å². The fourth-order valence-corrected chi connectivity index (χ4v) is 10.1. The fourth-order valence-electron chi connectivity index (χ4n) is 9.64. The van der Waals surface area contributed by atoms with E-state index in [1.807, 2.05) is 0 Å². The molecule has 1 nitrogen and oxygen atoms in total. The molecule has 9 atom stereocenters. The van der Waals surface area contributed by atoms with Crippen LogP contribution in [0.2, 0.25) is 0 Å². The second-order valence-corrected chi connectivity index (χ2v) is 13.8. The van der Waals surface area contributed by atoms with Gasteiger partial charge in [-0.1, -0.05) is 13.0 Å². The zero-order valence-corrected chi connectivity index (χ0v) is 24.5. The third-order valence-corrected chi connectivity index (χ3v) is 12.2. The molecule has 0 N–H and O–H groups in total. The molecule has 4 fully saturated rings. The van der Waals surface area contributed by atoms with Crippen molar-refractivity contribution in [2.24, 2.45) is 46.3 Å². The first kappa shape index (κ1) is 25.7. The van der Waals surface area contributed by atoms with E-state index < -0.39 is 0 Å². The van der Waals surface area contributed by atoms with Gasteiger partial charge >= 0.3 is 164 Å². The van der Waals surface area contributed by atoms with Crippen LogP contribution in [0.5, 0.6) is 0 Å². The number of unbranched alkanes of at least 4 members (excludes halogenated alkanes) is 1. The molecule has 178 valence electrons. The van der Waals surface area contributed by atoms with Gasteiger partial charge in [-0.3, -0.25) is 0 Å². The molecule has 2 heteroatoms. The predicted molar refractivity (Wildman–Crippen MR) is 131 cm³/mol. The topological polar surface area (TPSA) is 9.23 Å². The number of hydrogen-bond donors (Lipinski definition) is 0. The molecular formula is C30H49OY. The van der Waals surface area contributed by atoms with E-state index in [0.29, 0.717) is 10.8 Å². The van der Waals surface area contributed by atoms with Gasteiger partial charge in [0.25, 0.3) is 0 Å². The molecule has 0 radical (unpaired) electrons. The molecule has 0 aromatic carbocycles. The van der Waals surface area contributed by atoms with E-state index in [2.05, 4.69) is 42.9 Å². The van der Waals surface area contributed by atoms with E-state index in [0.717, 1.165) is 48.5 Å². The average molecular weight is 515 g/mol. The molecule has 4 saturated carbocycles. The third-order valence-electron chi connectivity index (χ3n) is 11.5. The van der Waals surface area contributed by atoms with Gasteiger partial charge in [0.1, 0.15) is 0 Å². The SMILES string of the molecule is C=CC1(OCCC)CC[C@]2(C)C3CC[C@@]4(C)C(CC[C@@H]4C(C)CCC[C]#[Y])C3CC[C@H]2C1. The van der Waals surface area contributed by atoms with Crippen molar-refractivity contribution in [2.45, 2.75) is 117 Å². The molecule has 32 heavy (non-hydrogen) atoms. The molecule has 0 saturated heterocycles. The molecule has 5 unspecified atom stereocenters. The first-order chi connectivity index (χ1) is 15.3. The Labute approximate surface area is 218 Å². The Bertz CT molecular complexity index is 710. The fraction of sp³-hybridized carbons (Fsp3) is 0.900. The van der Waals surface area contributed by atoms with Gasteiger partial charge < -0.3 is 4.74 Å². The zero-order valence-electron chi connectivity index (χ0n) is 21.6. The summed E-state index contributed by atoms with van der Waals surface area (Å²) in [5.41, 5.74) is 1.10. The van der Waals surface area contributed by atoms with Gasteiger partial charge in [-0.2, -0.15) is 0 Å².